The maximum Gasteiger partial charge on any atom is 0.326 e. The number of hydrogen-bond donors (Lipinski definition) is 3. The van der Waals surface area contributed by atoms with Gasteiger partial charge in [-0.3, -0.25) is 9.59 Å². The van der Waals surface area contributed by atoms with Gasteiger partial charge in [0.05, 0.1) is 0 Å². The predicted molar refractivity (Wildman–Crippen MR) is 75.8 cm³/mol. The molecule has 0 heterocycles. The third kappa shape index (κ3) is 9.35. The van der Waals surface area contributed by atoms with Gasteiger partial charge in [-0.2, -0.15) is 0 Å². The van der Waals surface area contributed by atoms with Crippen molar-refractivity contribution in [1.82, 2.24) is 5.32 Å². The molecular formula is C14H26N2O4. The maximum atomic E-state index is 11.8. The van der Waals surface area contributed by atoms with E-state index in [0.29, 0.717) is 0 Å². The van der Waals surface area contributed by atoms with Gasteiger partial charge in [-0.15, -0.1) is 0 Å². The van der Waals surface area contributed by atoms with Crippen LogP contribution in [0.25, 0.3) is 0 Å². The van der Waals surface area contributed by atoms with Gasteiger partial charge in [0.2, 0.25) is 11.8 Å². The third-order valence-electron chi connectivity index (χ3n) is 2.81. The van der Waals surface area contributed by atoms with Gasteiger partial charge in [0, 0.05) is 12.8 Å². The van der Waals surface area contributed by atoms with Crippen LogP contribution >= 0.6 is 0 Å². The Morgan fingerprint density at radius 3 is 2.20 bits per heavy atom. The van der Waals surface area contributed by atoms with Crippen molar-refractivity contribution in [3.8, 4) is 0 Å². The lowest BCUT2D eigenvalue weighted by atomic mass is 9.84. The fourth-order valence-electron chi connectivity index (χ4n) is 2.23. The molecule has 0 rings (SSSR count). The second-order valence-corrected chi connectivity index (χ2v) is 6.54. The fourth-order valence-corrected chi connectivity index (χ4v) is 2.23. The molecule has 0 radical (unpaired) electrons. The summed E-state index contributed by atoms with van der Waals surface area (Å²) in [5.41, 5.74) is 5.10. The second kappa shape index (κ2) is 7.87. The summed E-state index contributed by atoms with van der Waals surface area (Å²) in [6.07, 6.45) is 1.11. The maximum absolute atomic E-state index is 11.8. The summed E-state index contributed by atoms with van der Waals surface area (Å²) < 4.78 is 0. The van der Waals surface area contributed by atoms with E-state index < -0.39 is 17.9 Å². The van der Waals surface area contributed by atoms with E-state index in [0.717, 1.165) is 6.42 Å². The zero-order chi connectivity index (χ0) is 15.9. The molecule has 0 bridgehead atoms. The molecule has 116 valence electrons. The first kappa shape index (κ1) is 18.4. The van der Waals surface area contributed by atoms with Crippen LogP contribution in [0.3, 0.4) is 0 Å². The Hall–Kier alpha value is -1.59. The normalized spacial score (nSPS) is 14.4. The number of nitrogens with two attached hydrogens (primary N) is 1. The minimum Gasteiger partial charge on any atom is -0.480 e. The largest absolute Gasteiger partial charge is 0.480 e. The minimum absolute atomic E-state index is 0.0179. The summed E-state index contributed by atoms with van der Waals surface area (Å²) in [5, 5.41) is 11.4. The van der Waals surface area contributed by atoms with Crippen molar-refractivity contribution in [1.29, 1.82) is 0 Å². The van der Waals surface area contributed by atoms with E-state index >= 15 is 0 Å². The number of nitrogens with one attached hydrogen (secondary N) is 1. The van der Waals surface area contributed by atoms with Crippen LogP contribution in [0, 0.1) is 11.3 Å². The molecule has 1 unspecified atom stereocenters. The number of carboxylic acid groups (broad SMARTS) is 1. The van der Waals surface area contributed by atoms with Gasteiger partial charge in [0.25, 0.3) is 0 Å². The van der Waals surface area contributed by atoms with E-state index in [2.05, 4.69) is 26.1 Å². The molecule has 6 heteroatoms. The Kier molecular flexibility index (Phi) is 7.24. The monoisotopic (exact) mass is 286 g/mol. The van der Waals surface area contributed by atoms with Gasteiger partial charge in [0.15, 0.2) is 0 Å². The van der Waals surface area contributed by atoms with Gasteiger partial charge < -0.3 is 16.2 Å². The lowest BCUT2D eigenvalue weighted by Crippen LogP contribution is -2.42. The number of carbonyl (C=O) groups excluding carboxylic acids is 2. The van der Waals surface area contributed by atoms with E-state index in [-0.39, 0.29) is 36.5 Å². The van der Waals surface area contributed by atoms with Crippen molar-refractivity contribution in [3.05, 3.63) is 0 Å². The molecular weight excluding hydrogens is 260 g/mol. The van der Waals surface area contributed by atoms with Crippen LogP contribution in [0.4, 0.5) is 0 Å². The average Bonchev–Trinajstić information content (AvgIpc) is 2.20. The Labute approximate surface area is 120 Å². The van der Waals surface area contributed by atoms with Gasteiger partial charge >= 0.3 is 5.97 Å². The van der Waals surface area contributed by atoms with E-state index in [1.807, 2.05) is 6.92 Å². The van der Waals surface area contributed by atoms with Crippen LogP contribution < -0.4 is 11.1 Å². The van der Waals surface area contributed by atoms with Crippen molar-refractivity contribution in [3.63, 3.8) is 0 Å². The number of rotatable bonds is 8. The second-order valence-electron chi connectivity index (χ2n) is 6.54. The molecule has 20 heavy (non-hydrogen) atoms. The third-order valence-corrected chi connectivity index (χ3v) is 2.81. The van der Waals surface area contributed by atoms with Gasteiger partial charge in [-0.1, -0.05) is 27.7 Å². The van der Waals surface area contributed by atoms with Gasteiger partial charge in [-0.25, -0.2) is 4.79 Å². The minimum atomic E-state index is -1.15. The van der Waals surface area contributed by atoms with E-state index in [4.69, 9.17) is 10.8 Å². The van der Waals surface area contributed by atoms with Crippen molar-refractivity contribution in [2.45, 2.75) is 59.4 Å². The van der Waals surface area contributed by atoms with E-state index in [9.17, 15) is 14.4 Å². The highest BCUT2D eigenvalue weighted by atomic mass is 16.4. The highest BCUT2D eigenvalue weighted by molar-refractivity contribution is 5.84. The lowest BCUT2D eigenvalue weighted by molar-refractivity contribution is -0.142. The molecule has 2 atom stereocenters. The van der Waals surface area contributed by atoms with Gasteiger partial charge in [-0.05, 0) is 24.2 Å². The quantitative estimate of drug-likeness (QED) is 0.624. The molecule has 0 aliphatic heterocycles. The molecule has 0 aromatic heterocycles. The van der Waals surface area contributed by atoms with Crippen molar-refractivity contribution < 1.29 is 19.5 Å². The van der Waals surface area contributed by atoms with Crippen LogP contribution in [0.2, 0.25) is 0 Å². The molecule has 0 spiro atoms. The Bertz CT molecular complexity index is 361. The smallest absolute Gasteiger partial charge is 0.326 e. The first-order chi connectivity index (χ1) is 9.01. The van der Waals surface area contributed by atoms with Crippen LogP contribution in [0.1, 0.15) is 53.4 Å². The first-order valence-electron chi connectivity index (χ1n) is 6.81. The van der Waals surface area contributed by atoms with Crippen molar-refractivity contribution >= 4 is 17.8 Å². The molecule has 0 aromatic rings. The first-order valence-corrected chi connectivity index (χ1v) is 6.81. The summed E-state index contributed by atoms with van der Waals surface area (Å²) in [7, 11) is 0. The zero-order valence-electron chi connectivity index (χ0n) is 12.7. The molecule has 0 aliphatic rings. The number of aliphatic carboxylic acids is 1. The summed E-state index contributed by atoms with van der Waals surface area (Å²) >= 11 is 0. The number of amides is 2. The van der Waals surface area contributed by atoms with Crippen molar-refractivity contribution in [2.24, 2.45) is 17.1 Å². The number of carbonyl (C=O) groups is 3. The SMILES string of the molecule is CC(CC(=O)N[C@@H](CCC(N)=O)C(=O)O)CC(C)(C)C. The zero-order valence-corrected chi connectivity index (χ0v) is 12.7. The summed E-state index contributed by atoms with van der Waals surface area (Å²) in [4.78, 5) is 33.5. The van der Waals surface area contributed by atoms with Crippen LogP contribution in [-0.4, -0.2) is 28.9 Å². The lowest BCUT2D eigenvalue weighted by Gasteiger charge is -2.23. The van der Waals surface area contributed by atoms with Crippen molar-refractivity contribution in [2.75, 3.05) is 0 Å². The Morgan fingerprint density at radius 2 is 1.80 bits per heavy atom. The van der Waals surface area contributed by atoms with Gasteiger partial charge in [0.1, 0.15) is 6.04 Å². The average molecular weight is 286 g/mol. The summed E-state index contributed by atoms with van der Waals surface area (Å²) in [6.45, 7) is 8.24. The van der Waals surface area contributed by atoms with E-state index in [1.165, 1.54) is 0 Å². The Balaban J connectivity index is 4.32. The highest BCUT2D eigenvalue weighted by Gasteiger charge is 2.23. The molecule has 0 fully saturated rings. The molecule has 0 aromatic carbocycles. The van der Waals surface area contributed by atoms with Crippen LogP contribution in [0.15, 0.2) is 0 Å². The predicted octanol–water partition coefficient (Wildman–Crippen LogP) is 1.28. The van der Waals surface area contributed by atoms with E-state index in [1.54, 1.807) is 0 Å². The standard InChI is InChI=1S/C14H26N2O4/c1-9(8-14(2,3)4)7-12(18)16-10(13(19)20)5-6-11(15)17/h9-10H,5-8H2,1-4H3,(H2,15,17)(H,16,18)(H,19,20)/t9?,10-/m0/s1. The summed E-state index contributed by atoms with van der Waals surface area (Å²) in [5.74, 6) is -1.87. The van der Waals surface area contributed by atoms with Crippen LogP contribution in [0.5, 0.6) is 0 Å². The number of carboxylic acids is 1. The fraction of sp³-hybridized carbons (Fsp3) is 0.786. The highest BCUT2D eigenvalue weighted by Crippen LogP contribution is 2.25. The molecule has 0 saturated heterocycles. The molecule has 0 saturated carbocycles. The number of hydrogen-bond acceptors (Lipinski definition) is 3. The molecule has 2 amide bonds. The molecule has 4 N–H and O–H groups in total. The number of primary amides is 1. The Morgan fingerprint density at radius 1 is 1.25 bits per heavy atom. The molecule has 6 nitrogen and oxygen atoms in total. The van der Waals surface area contributed by atoms with Crippen LogP contribution in [-0.2, 0) is 14.4 Å². The molecule has 0 aliphatic carbocycles. The topological polar surface area (TPSA) is 109 Å². The summed E-state index contributed by atoms with van der Waals surface area (Å²) in [6, 6.07) is -1.06.